The molecule has 0 spiro atoms. The van der Waals surface area contributed by atoms with Crippen LogP contribution in [-0.2, 0) is 4.74 Å². The van der Waals surface area contributed by atoms with Gasteiger partial charge in [-0.1, -0.05) is 34.1 Å². The van der Waals surface area contributed by atoms with Crippen molar-refractivity contribution in [3.8, 4) is 0 Å². The van der Waals surface area contributed by atoms with Gasteiger partial charge in [0.05, 0.1) is 0 Å². The normalized spacial score (nSPS) is 10.1. The van der Waals surface area contributed by atoms with E-state index in [-0.39, 0.29) is 5.78 Å². The van der Waals surface area contributed by atoms with Crippen LogP contribution in [0, 0.1) is 0 Å². The fraction of sp³-hybridized carbons (Fsp3) is 0.364. The molecule has 76 valence electrons. The highest BCUT2D eigenvalue weighted by Gasteiger charge is 2.08. The van der Waals surface area contributed by atoms with Gasteiger partial charge in [0.25, 0.3) is 0 Å². The molecule has 0 aromatic heterocycles. The molecule has 1 rings (SSSR count). The largest absolute Gasteiger partial charge is 0.385 e. The number of ketones is 1. The SMILES string of the molecule is COCCCC(=O)c1ccccc1Br. The highest BCUT2D eigenvalue weighted by Crippen LogP contribution is 2.17. The van der Waals surface area contributed by atoms with Crippen LogP contribution < -0.4 is 0 Å². The molecule has 0 amide bonds. The van der Waals surface area contributed by atoms with Crippen molar-refractivity contribution in [1.82, 2.24) is 0 Å². The third-order valence-electron chi connectivity index (χ3n) is 1.93. The van der Waals surface area contributed by atoms with Crippen LogP contribution in [0.3, 0.4) is 0 Å². The molecule has 0 aliphatic rings. The highest BCUT2D eigenvalue weighted by molar-refractivity contribution is 9.10. The summed E-state index contributed by atoms with van der Waals surface area (Å²) in [4.78, 5) is 11.7. The van der Waals surface area contributed by atoms with Crippen LogP contribution in [-0.4, -0.2) is 19.5 Å². The Labute approximate surface area is 92.4 Å². The quantitative estimate of drug-likeness (QED) is 0.598. The van der Waals surface area contributed by atoms with Crippen molar-refractivity contribution in [3.05, 3.63) is 34.3 Å². The molecular weight excluding hydrogens is 244 g/mol. The van der Waals surface area contributed by atoms with Crippen LogP contribution in [0.15, 0.2) is 28.7 Å². The first-order valence-electron chi connectivity index (χ1n) is 4.52. The summed E-state index contributed by atoms with van der Waals surface area (Å²) in [7, 11) is 1.64. The lowest BCUT2D eigenvalue weighted by Gasteiger charge is -2.02. The van der Waals surface area contributed by atoms with Gasteiger partial charge in [0, 0.05) is 30.2 Å². The van der Waals surface area contributed by atoms with Gasteiger partial charge >= 0.3 is 0 Å². The third kappa shape index (κ3) is 3.24. The molecule has 0 N–H and O–H groups in total. The minimum Gasteiger partial charge on any atom is -0.385 e. The van der Waals surface area contributed by atoms with Crippen LogP contribution in [0.4, 0.5) is 0 Å². The Hall–Kier alpha value is -0.670. The summed E-state index contributed by atoms with van der Waals surface area (Å²) >= 11 is 3.35. The lowest BCUT2D eigenvalue weighted by Crippen LogP contribution is -2.01. The molecule has 1 aromatic carbocycles. The Morgan fingerprint density at radius 3 is 2.79 bits per heavy atom. The maximum atomic E-state index is 11.7. The summed E-state index contributed by atoms with van der Waals surface area (Å²) < 4.78 is 5.76. The summed E-state index contributed by atoms with van der Waals surface area (Å²) in [5.41, 5.74) is 0.753. The number of halogens is 1. The van der Waals surface area contributed by atoms with Gasteiger partial charge in [0.15, 0.2) is 5.78 Å². The molecule has 1 aromatic rings. The average Bonchev–Trinajstić information content (AvgIpc) is 2.18. The molecule has 0 fully saturated rings. The van der Waals surface area contributed by atoms with Crippen molar-refractivity contribution in [1.29, 1.82) is 0 Å². The van der Waals surface area contributed by atoms with Crippen LogP contribution in [0.25, 0.3) is 0 Å². The van der Waals surface area contributed by atoms with Gasteiger partial charge in [-0.2, -0.15) is 0 Å². The number of methoxy groups -OCH3 is 1. The van der Waals surface area contributed by atoms with Crippen molar-refractivity contribution in [2.45, 2.75) is 12.8 Å². The summed E-state index contributed by atoms with van der Waals surface area (Å²) in [6, 6.07) is 7.48. The van der Waals surface area contributed by atoms with E-state index < -0.39 is 0 Å². The first-order valence-corrected chi connectivity index (χ1v) is 5.31. The predicted octanol–water partition coefficient (Wildman–Crippen LogP) is 3.06. The zero-order chi connectivity index (χ0) is 10.4. The second kappa shape index (κ2) is 5.94. The van der Waals surface area contributed by atoms with E-state index in [4.69, 9.17) is 4.74 Å². The number of Topliss-reactive ketones (excluding diaryl/α,β-unsaturated/α-hetero) is 1. The Morgan fingerprint density at radius 1 is 1.43 bits per heavy atom. The molecule has 0 aliphatic carbocycles. The number of rotatable bonds is 5. The minimum atomic E-state index is 0.162. The molecular formula is C11H13BrO2. The summed E-state index contributed by atoms with van der Waals surface area (Å²) in [6.45, 7) is 0.635. The predicted molar refractivity (Wildman–Crippen MR) is 59.6 cm³/mol. The number of ether oxygens (including phenoxy) is 1. The maximum Gasteiger partial charge on any atom is 0.164 e. The summed E-state index contributed by atoms with van der Waals surface area (Å²) in [6.07, 6.45) is 1.31. The van der Waals surface area contributed by atoms with Gasteiger partial charge < -0.3 is 4.74 Å². The van der Waals surface area contributed by atoms with E-state index in [1.807, 2.05) is 24.3 Å². The van der Waals surface area contributed by atoms with Crippen LogP contribution >= 0.6 is 15.9 Å². The molecule has 3 heteroatoms. The minimum absolute atomic E-state index is 0.162. The molecule has 0 saturated heterocycles. The van der Waals surface area contributed by atoms with Gasteiger partial charge in [0.2, 0.25) is 0 Å². The van der Waals surface area contributed by atoms with E-state index in [0.29, 0.717) is 13.0 Å². The van der Waals surface area contributed by atoms with Crippen molar-refractivity contribution in [3.63, 3.8) is 0 Å². The molecule has 14 heavy (non-hydrogen) atoms. The van der Waals surface area contributed by atoms with Crippen LogP contribution in [0.1, 0.15) is 23.2 Å². The lowest BCUT2D eigenvalue weighted by atomic mass is 10.1. The molecule has 0 aliphatic heterocycles. The third-order valence-corrected chi connectivity index (χ3v) is 2.62. The molecule has 0 radical (unpaired) electrons. The molecule has 0 unspecified atom stereocenters. The second-order valence-corrected chi connectivity index (χ2v) is 3.85. The van der Waals surface area contributed by atoms with E-state index in [1.54, 1.807) is 7.11 Å². The van der Waals surface area contributed by atoms with Gasteiger partial charge in [-0.25, -0.2) is 0 Å². The summed E-state index contributed by atoms with van der Waals surface area (Å²) in [5.74, 6) is 0.162. The number of carbonyl (C=O) groups excluding carboxylic acids is 1. The average molecular weight is 257 g/mol. The zero-order valence-electron chi connectivity index (χ0n) is 8.13. The number of benzene rings is 1. The van der Waals surface area contributed by atoms with Crippen molar-refractivity contribution < 1.29 is 9.53 Å². The van der Waals surface area contributed by atoms with Crippen LogP contribution in [0.5, 0.6) is 0 Å². The first kappa shape index (κ1) is 11.4. The topological polar surface area (TPSA) is 26.3 Å². The van der Waals surface area contributed by atoms with E-state index in [1.165, 1.54) is 0 Å². The van der Waals surface area contributed by atoms with E-state index in [9.17, 15) is 4.79 Å². The smallest absolute Gasteiger partial charge is 0.164 e. The molecule has 0 bridgehead atoms. The fourth-order valence-corrected chi connectivity index (χ4v) is 1.70. The maximum absolute atomic E-state index is 11.7. The molecule has 0 atom stereocenters. The molecule has 0 saturated carbocycles. The zero-order valence-corrected chi connectivity index (χ0v) is 9.71. The Balaban J connectivity index is 2.56. The monoisotopic (exact) mass is 256 g/mol. The first-order chi connectivity index (χ1) is 6.75. The molecule has 0 heterocycles. The van der Waals surface area contributed by atoms with Gasteiger partial charge in [0.1, 0.15) is 0 Å². The van der Waals surface area contributed by atoms with Crippen molar-refractivity contribution in [2.75, 3.05) is 13.7 Å². The summed E-state index contributed by atoms with van der Waals surface area (Å²) in [5, 5.41) is 0. The van der Waals surface area contributed by atoms with Crippen molar-refractivity contribution >= 4 is 21.7 Å². The Morgan fingerprint density at radius 2 is 2.14 bits per heavy atom. The van der Waals surface area contributed by atoms with Gasteiger partial charge in [-0.15, -0.1) is 0 Å². The lowest BCUT2D eigenvalue weighted by molar-refractivity contribution is 0.0962. The number of hydrogen-bond donors (Lipinski definition) is 0. The van der Waals surface area contributed by atoms with E-state index in [2.05, 4.69) is 15.9 Å². The highest BCUT2D eigenvalue weighted by atomic mass is 79.9. The van der Waals surface area contributed by atoms with E-state index in [0.717, 1.165) is 16.5 Å². The van der Waals surface area contributed by atoms with E-state index >= 15 is 0 Å². The van der Waals surface area contributed by atoms with Crippen molar-refractivity contribution in [2.24, 2.45) is 0 Å². The Kier molecular flexibility index (Phi) is 4.84. The molecule has 2 nitrogen and oxygen atoms in total. The number of carbonyl (C=O) groups is 1. The fourth-order valence-electron chi connectivity index (χ4n) is 1.20. The Bertz CT molecular complexity index is 310. The second-order valence-electron chi connectivity index (χ2n) is 3.00. The number of hydrogen-bond acceptors (Lipinski definition) is 2. The van der Waals surface area contributed by atoms with Gasteiger partial charge in [-0.3, -0.25) is 4.79 Å². The standard InChI is InChI=1S/C11H13BrO2/c1-14-8-4-7-11(13)9-5-2-3-6-10(9)12/h2-3,5-6H,4,7-8H2,1H3. The van der Waals surface area contributed by atoms with Gasteiger partial charge in [-0.05, 0) is 12.5 Å². The van der Waals surface area contributed by atoms with Crippen LogP contribution in [0.2, 0.25) is 0 Å².